The van der Waals surface area contributed by atoms with Gasteiger partial charge in [-0.3, -0.25) is 0 Å². The molecule has 0 saturated heterocycles. The Morgan fingerprint density at radius 3 is 2.66 bits per heavy atom. The van der Waals surface area contributed by atoms with Gasteiger partial charge in [-0.25, -0.2) is 13.1 Å². The van der Waals surface area contributed by atoms with Gasteiger partial charge in [-0.15, -0.1) is 26.6 Å². The summed E-state index contributed by atoms with van der Waals surface area (Å²) < 4.78 is 29.1. The van der Waals surface area contributed by atoms with Crippen LogP contribution in [0.5, 0.6) is 0 Å². The lowest BCUT2D eigenvalue weighted by Crippen LogP contribution is -2.26. The van der Waals surface area contributed by atoms with Crippen molar-refractivity contribution in [1.82, 2.24) is 24.5 Å². The number of aromatic nitrogens is 4. The first-order chi connectivity index (χ1) is 14.0. The fourth-order valence-electron chi connectivity index (χ4n) is 2.77. The van der Waals surface area contributed by atoms with E-state index in [1.165, 1.54) is 4.88 Å². The normalized spacial score (nSPS) is 11.8. The lowest BCUT2D eigenvalue weighted by atomic mass is 10.2. The molecule has 8 nitrogen and oxygen atoms in total. The summed E-state index contributed by atoms with van der Waals surface area (Å²) in [5.74, 6) is 1.29. The molecule has 1 aromatic carbocycles. The number of hydrogen-bond acceptors (Lipinski definition) is 7. The minimum absolute atomic E-state index is 0.200. The molecule has 0 spiro atoms. The number of benzene rings is 1. The van der Waals surface area contributed by atoms with Gasteiger partial charge in [0.25, 0.3) is 0 Å². The van der Waals surface area contributed by atoms with Crippen molar-refractivity contribution in [2.75, 3.05) is 11.9 Å². The first-order valence-corrected chi connectivity index (χ1v) is 11.4. The number of anilines is 1. The summed E-state index contributed by atoms with van der Waals surface area (Å²) in [5, 5.41) is 18.1. The average Bonchev–Trinajstić information content (AvgIpc) is 3.36. The molecule has 4 rings (SSSR count). The molecule has 0 unspecified atom stereocenters. The van der Waals surface area contributed by atoms with Gasteiger partial charge < -0.3 is 5.32 Å². The van der Waals surface area contributed by atoms with Crippen LogP contribution in [0.3, 0.4) is 0 Å². The molecule has 0 amide bonds. The molecule has 0 saturated carbocycles. The maximum Gasteiger partial charge on any atom is 0.240 e. The molecular formula is C19H20N6O2S2. The van der Waals surface area contributed by atoms with Crippen molar-refractivity contribution in [2.24, 2.45) is 0 Å². The monoisotopic (exact) mass is 428 g/mol. The number of thiophene rings is 1. The van der Waals surface area contributed by atoms with E-state index < -0.39 is 10.0 Å². The van der Waals surface area contributed by atoms with E-state index in [1.807, 2.05) is 30.5 Å². The van der Waals surface area contributed by atoms with E-state index in [0.717, 1.165) is 5.56 Å². The highest BCUT2D eigenvalue weighted by Crippen LogP contribution is 2.13. The van der Waals surface area contributed by atoms with Gasteiger partial charge >= 0.3 is 0 Å². The molecule has 0 aliphatic heterocycles. The first kappa shape index (κ1) is 19.5. The fraction of sp³-hybridized carbons (Fsp3) is 0.211. The van der Waals surface area contributed by atoms with Crippen LogP contribution in [-0.4, -0.2) is 34.8 Å². The van der Waals surface area contributed by atoms with E-state index in [1.54, 1.807) is 40.1 Å². The van der Waals surface area contributed by atoms with Gasteiger partial charge in [0, 0.05) is 17.8 Å². The Hall–Kier alpha value is -2.82. The van der Waals surface area contributed by atoms with Crippen molar-refractivity contribution in [3.8, 4) is 0 Å². The van der Waals surface area contributed by atoms with Crippen LogP contribution in [0, 0.1) is 6.92 Å². The van der Waals surface area contributed by atoms with E-state index in [4.69, 9.17) is 0 Å². The summed E-state index contributed by atoms with van der Waals surface area (Å²) in [6.45, 7) is 2.80. The van der Waals surface area contributed by atoms with Crippen molar-refractivity contribution in [3.05, 3.63) is 70.2 Å². The van der Waals surface area contributed by atoms with Gasteiger partial charge in [-0.2, -0.15) is 4.52 Å². The molecule has 0 aliphatic rings. The van der Waals surface area contributed by atoms with Crippen molar-refractivity contribution in [1.29, 1.82) is 0 Å². The Morgan fingerprint density at radius 2 is 1.90 bits per heavy atom. The van der Waals surface area contributed by atoms with Crippen LogP contribution in [0.2, 0.25) is 0 Å². The summed E-state index contributed by atoms with van der Waals surface area (Å²) in [6, 6.07) is 14.5. The largest absolute Gasteiger partial charge is 0.364 e. The molecule has 29 heavy (non-hydrogen) atoms. The first-order valence-electron chi connectivity index (χ1n) is 9.05. The summed E-state index contributed by atoms with van der Waals surface area (Å²) in [6.07, 6.45) is 0.369. The van der Waals surface area contributed by atoms with Crippen LogP contribution in [0.4, 0.5) is 5.82 Å². The standard InChI is InChI=1S/C19H20N6O2S2/c1-14-4-6-16(7-5-14)29(26,27)21-11-10-19-23-22-18-9-8-17(24-25(18)19)20-13-15-3-2-12-28-15/h2-9,12,21H,10-11,13H2,1H3,(H,20,24). The zero-order valence-electron chi connectivity index (χ0n) is 15.7. The number of rotatable bonds is 8. The Kier molecular flexibility index (Phi) is 5.56. The maximum atomic E-state index is 12.4. The van der Waals surface area contributed by atoms with Crippen LogP contribution in [0.15, 0.2) is 58.8 Å². The Bertz CT molecular complexity index is 1200. The van der Waals surface area contributed by atoms with Crippen molar-refractivity contribution in [2.45, 2.75) is 24.8 Å². The van der Waals surface area contributed by atoms with Gasteiger partial charge in [-0.05, 0) is 42.6 Å². The van der Waals surface area contributed by atoms with Crippen LogP contribution in [-0.2, 0) is 23.0 Å². The summed E-state index contributed by atoms with van der Waals surface area (Å²) in [7, 11) is -3.56. The highest BCUT2D eigenvalue weighted by Gasteiger charge is 2.14. The van der Waals surface area contributed by atoms with Crippen LogP contribution in [0.1, 0.15) is 16.3 Å². The van der Waals surface area contributed by atoms with Crippen LogP contribution < -0.4 is 10.0 Å². The second-order valence-corrected chi connectivity index (χ2v) is 9.30. The molecule has 3 aromatic heterocycles. The predicted molar refractivity (Wildman–Crippen MR) is 112 cm³/mol. The van der Waals surface area contributed by atoms with Gasteiger partial charge in [0.05, 0.1) is 11.4 Å². The number of hydrogen-bond donors (Lipinski definition) is 2. The molecule has 150 valence electrons. The van der Waals surface area contributed by atoms with Gasteiger partial charge in [0.1, 0.15) is 5.82 Å². The molecule has 0 aliphatic carbocycles. The second kappa shape index (κ2) is 8.27. The molecule has 0 fully saturated rings. The zero-order valence-corrected chi connectivity index (χ0v) is 17.4. The third kappa shape index (κ3) is 4.61. The van der Waals surface area contributed by atoms with Crippen LogP contribution in [0.25, 0.3) is 5.65 Å². The SMILES string of the molecule is Cc1ccc(S(=O)(=O)NCCc2nnc3ccc(NCc4cccs4)nn23)cc1. The number of nitrogens with zero attached hydrogens (tertiary/aromatic N) is 4. The summed E-state index contributed by atoms with van der Waals surface area (Å²) in [5.41, 5.74) is 1.62. The quantitative estimate of drug-likeness (QED) is 0.447. The highest BCUT2D eigenvalue weighted by molar-refractivity contribution is 7.89. The number of aryl methyl sites for hydroxylation is 1. The lowest BCUT2D eigenvalue weighted by Gasteiger charge is -2.07. The fourth-order valence-corrected chi connectivity index (χ4v) is 4.45. The molecule has 3 heterocycles. The van der Waals surface area contributed by atoms with Gasteiger partial charge in [0.2, 0.25) is 10.0 Å². The molecule has 4 aromatic rings. The van der Waals surface area contributed by atoms with E-state index in [2.05, 4.69) is 31.4 Å². The molecule has 0 radical (unpaired) electrons. The molecular weight excluding hydrogens is 408 g/mol. The third-order valence-corrected chi connectivity index (χ3v) is 6.68. The smallest absolute Gasteiger partial charge is 0.240 e. The molecule has 0 atom stereocenters. The minimum Gasteiger partial charge on any atom is -0.364 e. The third-order valence-electron chi connectivity index (χ3n) is 4.32. The number of sulfonamides is 1. The molecule has 10 heteroatoms. The van der Waals surface area contributed by atoms with Gasteiger partial charge in [0.15, 0.2) is 11.5 Å². The van der Waals surface area contributed by atoms with E-state index in [0.29, 0.717) is 30.3 Å². The Labute approximate surface area is 172 Å². The van der Waals surface area contributed by atoms with E-state index >= 15 is 0 Å². The second-order valence-electron chi connectivity index (χ2n) is 6.50. The van der Waals surface area contributed by atoms with Crippen molar-refractivity contribution in [3.63, 3.8) is 0 Å². The predicted octanol–water partition coefficient (Wildman–Crippen LogP) is 2.63. The van der Waals surface area contributed by atoms with Crippen molar-refractivity contribution >= 4 is 32.8 Å². The molecule has 2 N–H and O–H groups in total. The molecule has 0 bridgehead atoms. The Balaban J connectivity index is 1.42. The van der Waals surface area contributed by atoms with E-state index in [9.17, 15) is 8.42 Å². The lowest BCUT2D eigenvalue weighted by molar-refractivity contribution is 0.580. The van der Waals surface area contributed by atoms with Gasteiger partial charge in [-0.1, -0.05) is 23.8 Å². The average molecular weight is 429 g/mol. The number of nitrogens with one attached hydrogen (secondary N) is 2. The maximum absolute atomic E-state index is 12.4. The van der Waals surface area contributed by atoms with Crippen LogP contribution >= 0.6 is 11.3 Å². The summed E-state index contributed by atoms with van der Waals surface area (Å²) >= 11 is 1.68. The zero-order chi connectivity index (χ0) is 20.3. The Morgan fingerprint density at radius 1 is 1.07 bits per heavy atom. The number of fused-ring (bicyclic) bond motifs is 1. The minimum atomic E-state index is -3.56. The highest BCUT2D eigenvalue weighted by atomic mass is 32.2. The topological polar surface area (TPSA) is 101 Å². The van der Waals surface area contributed by atoms with E-state index in [-0.39, 0.29) is 11.4 Å². The summed E-state index contributed by atoms with van der Waals surface area (Å²) in [4.78, 5) is 1.45. The van der Waals surface area contributed by atoms with Crippen molar-refractivity contribution < 1.29 is 8.42 Å².